The van der Waals surface area contributed by atoms with Crippen LogP contribution >= 0.6 is 15.9 Å². The SMILES string of the molecule is COC[C@H](Oc1ccc(Br)cc1C1CCC1)C(=O)O. The fourth-order valence-corrected chi connectivity index (χ4v) is 2.50. The Hall–Kier alpha value is -1.07. The van der Waals surface area contributed by atoms with Gasteiger partial charge >= 0.3 is 5.97 Å². The van der Waals surface area contributed by atoms with Crippen LogP contribution in [0.15, 0.2) is 22.7 Å². The lowest BCUT2D eigenvalue weighted by molar-refractivity contribution is -0.147. The minimum absolute atomic E-state index is 0.0372. The number of hydrogen-bond donors (Lipinski definition) is 1. The second-order valence-corrected chi connectivity index (χ2v) is 5.63. The Balaban J connectivity index is 2.20. The van der Waals surface area contributed by atoms with Crippen molar-refractivity contribution in [3.63, 3.8) is 0 Å². The molecule has 0 saturated heterocycles. The fraction of sp³-hybridized carbons (Fsp3) is 0.500. The van der Waals surface area contributed by atoms with Crippen LogP contribution in [0.25, 0.3) is 0 Å². The molecule has 4 nitrogen and oxygen atoms in total. The Morgan fingerprint density at radius 1 is 1.53 bits per heavy atom. The summed E-state index contributed by atoms with van der Waals surface area (Å²) in [4.78, 5) is 11.1. The van der Waals surface area contributed by atoms with Gasteiger partial charge in [-0.25, -0.2) is 4.79 Å². The molecule has 0 bridgehead atoms. The van der Waals surface area contributed by atoms with Crippen LogP contribution in [0, 0.1) is 0 Å². The highest BCUT2D eigenvalue weighted by atomic mass is 79.9. The van der Waals surface area contributed by atoms with Crippen LogP contribution in [0.1, 0.15) is 30.7 Å². The molecular formula is C14H17BrO4. The van der Waals surface area contributed by atoms with Gasteiger partial charge in [-0.05, 0) is 42.5 Å². The summed E-state index contributed by atoms with van der Waals surface area (Å²) >= 11 is 3.45. The third kappa shape index (κ3) is 3.48. The van der Waals surface area contributed by atoms with Gasteiger partial charge in [-0.3, -0.25) is 0 Å². The fourth-order valence-electron chi connectivity index (χ4n) is 2.13. The molecule has 0 heterocycles. The Kier molecular flexibility index (Phi) is 4.82. The topological polar surface area (TPSA) is 55.8 Å². The van der Waals surface area contributed by atoms with E-state index in [1.54, 1.807) is 0 Å². The first-order valence-corrected chi connectivity index (χ1v) is 7.09. The number of ether oxygens (including phenoxy) is 2. The molecule has 0 unspecified atom stereocenters. The van der Waals surface area contributed by atoms with Gasteiger partial charge in [0.1, 0.15) is 5.75 Å². The smallest absolute Gasteiger partial charge is 0.347 e. The Morgan fingerprint density at radius 2 is 2.26 bits per heavy atom. The third-order valence-electron chi connectivity index (χ3n) is 3.38. The van der Waals surface area contributed by atoms with Gasteiger partial charge in [0.15, 0.2) is 0 Å². The second-order valence-electron chi connectivity index (χ2n) is 4.71. The molecule has 0 amide bonds. The van der Waals surface area contributed by atoms with E-state index in [0.29, 0.717) is 11.7 Å². The number of halogens is 1. The maximum atomic E-state index is 11.1. The van der Waals surface area contributed by atoms with Gasteiger partial charge < -0.3 is 14.6 Å². The van der Waals surface area contributed by atoms with E-state index >= 15 is 0 Å². The summed E-state index contributed by atoms with van der Waals surface area (Å²) in [5.74, 6) is 0.117. The first-order chi connectivity index (χ1) is 9.11. The van der Waals surface area contributed by atoms with Crippen LogP contribution < -0.4 is 4.74 Å². The average Bonchev–Trinajstić information content (AvgIpc) is 2.29. The molecule has 0 spiro atoms. The number of rotatable bonds is 6. The number of methoxy groups -OCH3 is 1. The summed E-state index contributed by atoms with van der Waals surface area (Å²) in [6, 6.07) is 5.71. The normalized spacial score (nSPS) is 16.7. The predicted molar refractivity (Wildman–Crippen MR) is 74.7 cm³/mol. The predicted octanol–water partition coefficient (Wildman–Crippen LogP) is 3.20. The quantitative estimate of drug-likeness (QED) is 0.871. The highest BCUT2D eigenvalue weighted by Gasteiger charge is 2.26. The van der Waals surface area contributed by atoms with Crippen LogP contribution in [-0.2, 0) is 9.53 Å². The molecule has 1 aliphatic rings. The molecule has 5 heteroatoms. The number of carbonyl (C=O) groups is 1. The van der Waals surface area contributed by atoms with E-state index < -0.39 is 12.1 Å². The summed E-state index contributed by atoms with van der Waals surface area (Å²) in [7, 11) is 1.47. The van der Waals surface area contributed by atoms with Crippen LogP contribution in [0.5, 0.6) is 5.75 Å². The molecule has 1 aromatic carbocycles. The van der Waals surface area contributed by atoms with Crippen LogP contribution in [-0.4, -0.2) is 30.9 Å². The number of hydrogen-bond acceptors (Lipinski definition) is 3. The molecular weight excluding hydrogens is 312 g/mol. The first-order valence-electron chi connectivity index (χ1n) is 6.29. The molecule has 0 radical (unpaired) electrons. The van der Waals surface area contributed by atoms with E-state index in [0.717, 1.165) is 22.9 Å². The third-order valence-corrected chi connectivity index (χ3v) is 3.87. The van der Waals surface area contributed by atoms with Crippen LogP contribution in [0.3, 0.4) is 0 Å². The zero-order valence-corrected chi connectivity index (χ0v) is 12.4. The van der Waals surface area contributed by atoms with Crippen LogP contribution in [0.4, 0.5) is 0 Å². The molecule has 1 aromatic rings. The van der Waals surface area contributed by atoms with E-state index in [-0.39, 0.29) is 6.61 Å². The molecule has 1 N–H and O–H groups in total. The Labute approximate surface area is 120 Å². The van der Waals surface area contributed by atoms with E-state index in [1.165, 1.54) is 13.5 Å². The molecule has 1 aliphatic carbocycles. The van der Waals surface area contributed by atoms with Crippen LogP contribution in [0.2, 0.25) is 0 Å². The number of aliphatic carboxylic acids is 1. The van der Waals surface area contributed by atoms with Crippen molar-refractivity contribution in [2.24, 2.45) is 0 Å². The van der Waals surface area contributed by atoms with Crippen molar-refractivity contribution < 1.29 is 19.4 Å². The molecule has 19 heavy (non-hydrogen) atoms. The number of carboxylic acids is 1. The van der Waals surface area contributed by atoms with Crippen molar-refractivity contribution in [2.45, 2.75) is 31.3 Å². The molecule has 0 aromatic heterocycles. The lowest BCUT2D eigenvalue weighted by Gasteiger charge is -2.28. The summed E-state index contributed by atoms with van der Waals surface area (Å²) in [5, 5.41) is 9.11. The average molecular weight is 329 g/mol. The highest BCUT2D eigenvalue weighted by molar-refractivity contribution is 9.10. The Morgan fingerprint density at radius 3 is 2.79 bits per heavy atom. The number of benzene rings is 1. The molecule has 2 rings (SSSR count). The largest absolute Gasteiger partial charge is 0.478 e. The Bertz CT molecular complexity index is 457. The summed E-state index contributed by atoms with van der Waals surface area (Å²) in [6.45, 7) is 0.0372. The van der Waals surface area contributed by atoms with E-state index in [1.807, 2.05) is 18.2 Å². The molecule has 0 aliphatic heterocycles. The van der Waals surface area contributed by atoms with Crippen molar-refractivity contribution >= 4 is 21.9 Å². The summed E-state index contributed by atoms with van der Waals surface area (Å²) in [6.07, 6.45) is 2.52. The van der Waals surface area contributed by atoms with Crippen molar-refractivity contribution in [1.82, 2.24) is 0 Å². The van der Waals surface area contributed by atoms with E-state index in [2.05, 4.69) is 15.9 Å². The summed E-state index contributed by atoms with van der Waals surface area (Å²) in [5.41, 5.74) is 1.09. The lowest BCUT2D eigenvalue weighted by atomic mass is 9.80. The molecule has 1 saturated carbocycles. The second kappa shape index (κ2) is 6.39. The van der Waals surface area contributed by atoms with Gasteiger partial charge in [0.05, 0.1) is 6.61 Å². The highest BCUT2D eigenvalue weighted by Crippen LogP contribution is 2.42. The zero-order valence-electron chi connectivity index (χ0n) is 10.8. The minimum atomic E-state index is -1.01. The van der Waals surface area contributed by atoms with Crippen molar-refractivity contribution in [3.05, 3.63) is 28.2 Å². The molecule has 1 atom stereocenters. The van der Waals surface area contributed by atoms with Crippen molar-refractivity contribution in [3.8, 4) is 5.75 Å². The maximum Gasteiger partial charge on any atom is 0.347 e. The van der Waals surface area contributed by atoms with E-state index in [9.17, 15) is 4.79 Å². The minimum Gasteiger partial charge on any atom is -0.478 e. The van der Waals surface area contributed by atoms with E-state index in [4.69, 9.17) is 14.6 Å². The molecule has 1 fully saturated rings. The van der Waals surface area contributed by atoms with Gasteiger partial charge in [0, 0.05) is 11.6 Å². The number of carboxylic acid groups (broad SMARTS) is 1. The zero-order chi connectivity index (χ0) is 13.8. The molecule has 104 valence electrons. The summed E-state index contributed by atoms with van der Waals surface area (Å²) < 4.78 is 11.5. The first kappa shape index (κ1) is 14.3. The van der Waals surface area contributed by atoms with Crippen molar-refractivity contribution in [2.75, 3.05) is 13.7 Å². The maximum absolute atomic E-state index is 11.1. The van der Waals surface area contributed by atoms with Gasteiger partial charge in [0.2, 0.25) is 6.10 Å². The standard InChI is InChI=1S/C14H17BrO4/c1-18-8-13(14(16)17)19-12-6-5-10(15)7-11(12)9-3-2-4-9/h5-7,9,13H,2-4,8H2,1H3,(H,16,17)/t13-/m0/s1. The van der Waals surface area contributed by atoms with Gasteiger partial charge in [-0.2, -0.15) is 0 Å². The monoisotopic (exact) mass is 328 g/mol. The lowest BCUT2D eigenvalue weighted by Crippen LogP contribution is -2.32. The van der Waals surface area contributed by atoms with Gasteiger partial charge in [-0.1, -0.05) is 22.4 Å². The van der Waals surface area contributed by atoms with Gasteiger partial charge in [-0.15, -0.1) is 0 Å². The van der Waals surface area contributed by atoms with Crippen molar-refractivity contribution in [1.29, 1.82) is 0 Å². The van der Waals surface area contributed by atoms with Gasteiger partial charge in [0.25, 0.3) is 0 Å².